The largest absolute Gasteiger partial charge is 0.312 e. The molecule has 3 heterocycles. The van der Waals surface area contributed by atoms with Gasteiger partial charge in [0.05, 0.1) is 27.6 Å². The van der Waals surface area contributed by atoms with Crippen LogP contribution in [0.4, 0.5) is 0 Å². The van der Waals surface area contributed by atoms with E-state index >= 15 is 0 Å². The van der Waals surface area contributed by atoms with Crippen molar-refractivity contribution in [2.24, 2.45) is 0 Å². The van der Waals surface area contributed by atoms with Crippen LogP contribution in [-0.2, 0) is 6.42 Å². The van der Waals surface area contributed by atoms with Crippen LogP contribution < -0.4 is 0 Å². The number of hydrogen-bond acceptors (Lipinski definition) is 0. The van der Waals surface area contributed by atoms with Gasteiger partial charge in [0.1, 0.15) is 0 Å². The molecule has 0 spiro atoms. The van der Waals surface area contributed by atoms with Crippen LogP contribution in [0.15, 0.2) is 170 Å². The molecule has 0 saturated heterocycles. The first-order chi connectivity index (χ1) is 25.3. The zero-order chi connectivity index (χ0) is 33.5. The number of para-hydroxylation sites is 5. The van der Waals surface area contributed by atoms with Crippen molar-refractivity contribution in [2.75, 3.05) is 0 Å². The first-order valence-electron chi connectivity index (χ1n) is 17.8. The zero-order valence-corrected chi connectivity index (χ0v) is 28.0. The third kappa shape index (κ3) is 4.06. The minimum absolute atomic E-state index is 1.03. The normalized spacial score (nSPS) is 12.9. The molecule has 0 fully saturated rings. The van der Waals surface area contributed by atoms with Crippen LogP contribution in [0.3, 0.4) is 0 Å². The number of allylic oxidation sites excluding steroid dienone is 1. The molecule has 3 aromatic heterocycles. The molecule has 1 aliphatic rings. The van der Waals surface area contributed by atoms with Crippen molar-refractivity contribution in [3.05, 3.63) is 181 Å². The van der Waals surface area contributed by atoms with E-state index < -0.39 is 0 Å². The Hall–Kier alpha value is -6.58. The van der Waals surface area contributed by atoms with Crippen molar-refractivity contribution in [2.45, 2.75) is 12.8 Å². The predicted octanol–water partition coefficient (Wildman–Crippen LogP) is 12.5. The highest BCUT2D eigenvalue weighted by Gasteiger charge is 2.23. The molecule has 0 saturated carbocycles. The quantitative estimate of drug-likeness (QED) is 0.180. The summed E-state index contributed by atoms with van der Waals surface area (Å²) in [6, 6.07) is 60.0. The van der Waals surface area contributed by atoms with E-state index in [2.05, 4.69) is 190 Å². The van der Waals surface area contributed by atoms with Gasteiger partial charge in [-0.3, -0.25) is 0 Å². The van der Waals surface area contributed by atoms with Crippen LogP contribution in [0.25, 0.3) is 88.8 Å². The maximum absolute atomic E-state index is 2.51. The van der Waals surface area contributed by atoms with E-state index in [1.54, 1.807) is 0 Å². The van der Waals surface area contributed by atoms with E-state index in [4.69, 9.17) is 0 Å². The van der Waals surface area contributed by atoms with Crippen LogP contribution in [0.5, 0.6) is 0 Å². The molecule has 1 aliphatic carbocycles. The van der Waals surface area contributed by atoms with Crippen molar-refractivity contribution in [1.29, 1.82) is 0 Å². The lowest BCUT2D eigenvalue weighted by Gasteiger charge is -2.16. The van der Waals surface area contributed by atoms with E-state index in [1.807, 2.05) is 0 Å². The Morgan fingerprint density at radius 2 is 1.06 bits per heavy atom. The number of aromatic nitrogens is 3. The van der Waals surface area contributed by atoms with Gasteiger partial charge >= 0.3 is 0 Å². The predicted molar refractivity (Wildman–Crippen MR) is 215 cm³/mol. The van der Waals surface area contributed by atoms with Crippen molar-refractivity contribution in [3.63, 3.8) is 0 Å². The molecule has 3 nitrogen and oxygen atoms in total. The first-order valence-corrected chi connectivity index (χ1v) is 17.8. The van der Waals surface area contributed by atoms with E-state index in [0.29, 0.717) is 0 Å². The topological polar surface area (TPSA) is 14.8 Å². The Kier molecular flexibility index (Phi) is 6.08. The molecular weight excluding hydrogens is 619 g/mol. The number of rotatable bonds is 4. The second-order valence-corrected chi connectivity index (χ2v) is 13.6. The Labute approximate surface area is 295 Å². The number of benzene rings is 7. The fourth-order valence-corrected chi connectivity index (χ4v) is 8.81. The molecule has 0 amide bonds. The Bertz CT molecular complexity index is 3010. The van der Waals surface area contributed by atoms with Gasteiger partial charge in [-0.05, 0) is 73.0 Å². The van der Waals surface area contributed by atoms with Gasteiger partial charge < -0.3 is 13.7 Å². The van der Waals surface area contributed by atoms with Gasteiger partial charge in [-0.25, -0.2) is 0 Å². The zero-order valence-electron chi connectivity index (χ0n) is 28.0. The van der Waals surface area contributed by atoms with Crippen molar-refractivity contribution in [1.82, 2.24) is 13.7 Å². The second-order valence-electron chi connectivity index (χ2n) is 13.6. The summed E-state index contributed by atoms with van der Waals surface area (Å²) in [7, 11) is 0. The summed E-state index contributed by atoms with van der Waals surface area (Å²) in [5, 5.41) is 6.36. The summed E-state index contributed by atoms with van der Waals surface area (Å²) in [6.07, 6.45) is 6.74. The molecule has 240 valence electrons. The Morgan fingerprint density at radius 1 is 0.412 bits per heavy atom. The monoisotopic (exact) mass is 651 g/mol. The molecule has 0 N–H and O–H groups in total. The minimum atomic E-state index is 1.03. The molecule has 51 heavy (non-hydrogen) atoms. The molecule has 0 bridgehead atoms. The van der Waals surface area contributed by atoms with Gasteiger partial charge in [0.15, 0.2) is 0 Å². The summed E-state index contributed by atoms with van der Waals surface area (Å²) in [5.74, 6) is 0. The summed E-state index contributed by atoms with van der Waals surface area (Å²) in [5.41, 5.74) is 14.9. The van der Waals surface area contributed by atoms with Gasteiger partial charge in [0.2, 0.25) is 0 Å². The average Bonchev–Trinajstić information content (AvgIpc) is 3.84. The lowest BCUT2D eigenvalue weighted by atomic mass is 9.99. The van der Waals surface area contributed by atoms with Gasteiger partial charge in [0.25, 0.3) is 0 Å². The second kappa shape index (κ2) is 11.0. The van der Waals surface area contributed by atoms with Crippen LogP contribution >= 0.6 is 0 Å². The highest BCUT2D eigenvalue weighted by atomic mass is 15.0. The van der Waals surface area contributed by atoms with Crippen LogP contribution in [-0.4, -0.2) is 13.7 Å². The average molecular weight is 652 g/mol. The third-order valence-corrected chi connectivity index (χ3v) is 10.9. The van der Waals surface area contributed by atoms with Gasteiger partial charge in [-0.15, -0.1) is 0 Å². The molecule has 0 radical (unpaired) electrons. The van der Waals surface area contributed by atoms with E-state index in [0.717, 1.165) is 18.5 Å². The van der Waals surface area contributed by atoms with E-state index in [9.17, 15) is 0 Å². The highest BCUT2D eigenvalue weighted by Crippen LogP contribution is 2.43. The van der Waals surface area contributed by atoms with Crippen molar-refractivity contribution >= 4 is 60.6 Å². The van der Waals surface area contributed by atoms with E-state index in [1.165, 1.54) is 88.3 Å². The fourth-order valence-electron chi connectivity index (χ4n) is 8.81. The summed E-state index contributed by atoms with van der Waals surface area (Å²) in [6.45, 7) is 0. The summed E-state index contributed by atoms with van der Waals surface area (Å²) in [4.78, 5) is 0. The fraction of sp³-hybridized carbons (Fsp3) is 0.0417. The number of nitrogens with zero attached hydrogens (tertiary/aromatic N) is 3. The smallest absolute Gasteiger partial charge is 0.0641 e. The van der Waals surface area contributed by atoms with Gasteiger partial charge in [-0.1, -0.05) is 121 Å². The lowest BCUT2D eigenvalue weighted by molar-refractivity contribution is 0.889. The van der Waals surface area contributed by atoms with Crippen LogP contribution in [0, 0.1) is 0 Å². The van der Waals surface area contributed by atoms with E-state index in [-0.39, 0.29) is 0 Å². The Balaban J connectivity index is 1.22. The standard InChI is InChI=1S/C48H33N3/c1-3-16-33(17-4-1)49-44-28-12-9-23-41(44)46-45(49)30-29-40-38-22-8-11-27-43(38)51(48(40)46)35-20-13-15-32(31-35)36-24-14-25-39-37-21-7-10-26-42(37)50(47(36)39)34-18-5-2-6-19-34/h1-9,11-25,27-31H,10,26H2. The Morgan fingerprint density at radius 3 is 1.86 bits per heavy atom. The molecule has 3 heteroatoms. The SMILES string of the molecule is C1=Cc2c(n(-c3ccccc3)c3c(-c4cccc(-n5c6ccccc6c6ccc7c(c8ccccc8n7-c7ccccc7)c65)c4)cccc23)CC1. The first kappa shape index (κ1) is 28.3. The molecule has 0 atom stereocenters. The van der Waals surface area contributed by atoms with Crippen LogP contribution in [0.1, 0.15) is 17.7 Å². The molecule has 11 rings (SSSR count). The summed E-state index contributed by atoms with van der Waals surface area (Å²) < 4.78 is 7.43. The maximum atomic E-state index is 2.51. The molecule has 7 aromatic carbocycles. The van der Waals surface area contributed by atoms with Gasteiger partial charge in [-0.2, -0.15) is 0 Å². The highest BCUT2D eigenvalue weighted by molar-refractivity contribution is 6.26. The molecule has 10 aromatic rings. The molecule has 0 unspecified atom stereocenters. The maximum Gasteiger partial charge on any atom is 0.0641 e. The van der Waals surface area contributed by atoms with Crippen molar-refractivity contribution < 1.29 is 0 Å². The third-order valence-electron chi connectivity index (χ3n) is 10.9. The number of fused-ring (bicyclic) bond motifs is 10. The molecule has 0 aliphatic heterocycles. The minimum Gasteiger partial charge on any atom is -0.312 e. The van der Waals surface area contributed by atoms with Gasteiger partial charge in [0, 0.05) is 60.8 Å². The molecular formula is C48H33N3. The lowest BCUT2D eigenvalue weighted by Crippen LogP contribution is -2.03. The van der Waals surface area contributed by atoms with Crippen molar-refractivity contribution in [3.8, 4) is 28.2 Å². The number of hydrogen-bond donors (Lipinski definition) is 0. The van der Waals surface area contributed by atoms with Crippen LogP contribution in [0.2, 0.25) is 0 Å². The summed E-state index contributed by atoms with van der Waals surface area (Å²) >= 11 is 0.